The van der Waals surface area contributed by atoms with E-state index in [1.54, 1.807) is 11.0 Å². The summed E-state index contributed by atoms with van der Waals surface area (Å²) in [6.45, 7) is 1.27. The maximum atomic E-state index is 5.83. The van der Waals surface area contributed by atoms with E-state index >= 15 is 0 Å². The molecule has 0 amide bonds. The molecule has 0 aliphatic heterocycles. The Morgan fingerprint density at radius 3 is 3.13 bits per heavy atom. The van der Waals surface area contributed by atoms with Gasteiger partial charge in [0.15, 0.2) is 5.82 Å². The summed E-state index contributed by atoms with van der Waals surface area (Å²) in [4.78, 5) is 4.12. The molecule has 2 unspecified atom stereocenters. The molecule has 1 heterocycles. The Balaban J connectivity index is 1.85. The normalized spacial score (nSPS) is 26.0. The molecule has 2 atom stereocenters. The zero-order valence-electron chi connectivity index (χ0n) is 9.09. The van der Waals surface area contributed by atoms with Crippen molar-refractivity contribution in [3.05, 3.63) is 12.2 Å². The molecule has 0 spiro atoms. The van der Waals surface area contributed by atoms with Gasteiger partial charge in [0, 0.05) is 7.05 Å². The van der Waals surface area contributed by atoms with E-state index in [4.69, 9.17) is 10.5 Å². The van der Waals surface area contributed by atoms with Crippen molar-refractivity contribution in [2.24, 2.45) is 18.7 Å². The van der Waals surface area contributed by atoms with Crippen molar-refractivity contribution in [1.29, 1.82) is 0 Å². The predicted molar refractivity (Wildman–Crippen MR) is 56.0 cm³/mol. The van der Waals surface area contributed by atoms with Gasteiger partial charge in [-0.3, -0.25) is 4.68 Å². The summed E-state index contributed by atoms with van der Waals surface area (Å²) in [5.41, 5.74) is 5.69. The van der Waals surface area contributed by atoms with Crippen LogP contribution in [0.5, 0.6) is 0 Å². The molecule has 1 fully saturated rings. The zero-order chi connectivity index (χ0) is 10.7. The van der Waals surface area contributed by atoms with Gasteiger partial charge in [-0.25, -0.2) is 4.98 Å². The molecule has 2 N–H and O–H groups in total. The van der Waals surface area contributed by atoms with Gasteiger partial charge in [0.2, 0.25) is 0 Å². The topological polar surface area (TPSA) is 66.0 Å². The van der Waals surface area contributed by atoms with Crippen LogP contribution >= 0.6 is 0 Å². The number of aryl methyl sites for hydroxylation is 1. The lowest BCUT2D eigenvalue weighted by atomic mass is 10.1. The second-order valence-corrected chi connectivity index (χ2v) is 4.08. The van der Waals surface area contributed by atoms with Gasteiger partial charge in [-0.1, -0.05) is 6.42 Å². The van der Waals surface area contributed by atoms with Gasteiger partial charge in [0.1, 0.15) is 12.9 Å². The van der Waals surface area contributed by atoms with Crippen molar-refractivity contribution in [3.63, 3.8) is 0 Å². The average molecular weight is 210 g/mol. The van der Waals surface area contributed by atoms with Crippen LogP contribution in [0.15, 0.2) is 6.33 Å². The molecule has 5 heteroatoms. The van der Waals surface area contributed by atoms with Crippen LogP contribution in [0.3, 0.4) is 0 Å². The molecule has 2 rings (SSSR count). The Kier molecular flexibility index (Phi) is 3.33. The lowest BCUT2D eigenvalue weighted by Gasteiger charge is -2.18. The Hall–Kier alpha value is -0.940. The van der Waals surface area contributed by atoms with Crippen molar-refractivity contribution in [2.45, 2.75) is 32.0 Å². The van der Waals surface area contributed by atoms with E-state index in [-0.39, 0.29) is 0 Å². The van der Waals surface area contributed by atoms with Crippen molar-refractivity contribution < 1.29 is 4.74 Å². The minimum atomic E-state index is 0.312. The standard InChI is InChI=1S/C10H18N4O/c1-14-10(12-7-13-14)6-15-9-4-2-3-8(9)5-11/h7-9H,2-6,11H2,1H3. The van der Waals surface area contributed by atoms with Crippen LogP contribution in [0, 0.1) is 5.92 Å². The third kappa shape index (κ3) is 2.35. The van der Waals surface area contributed by atoms with Crippen molar-refractivity contribution >= 4 is 0 Å². The quantitative estimate of drug-likeness (QED) is 0.784. The fourth-order valence-electron chi connectivity index (χ4n) is 2.12. The molecule has 1 aromatic rings. The lowest BCUT2D eigenvalue weighted by Crippen LogP contribution is -2.25. The minimum Gasteiger partial charge on any atom is -0.370 e. The summed E-state index contributed by atoms with van der Waals surface area (Å²) in [5.74, 6) is 1.40. The van der Waals surface area contributed by atoms with Crippen LogP contribution < -0.4 is 5.73 Å². The highest BCUT2D eigenvalue weighted by atomic mass is 16.5. The Morgan fingerprint density at radius 1 is 1.60 bits per heavy atom. The minimum absolute atomic E-state index is 0.312. The third-order valence-electron chi connectivity index (χ3n) is 3.12. The largest absolute Gasteiger partial charge is 0.370 e. The average Bonchev–Trinajstić information content (AvgIpc) is 2.83. The van der Waals surface area contributed by atoms with Crippen LogP contribution in [0.1, 0.15) is 25.1 Å². The monoisotopic (exact) mass is 210 g/mol. The molecule has 0 radical (unpaired) electrons. The highest BCUT2D eigenvalue weighted by molar-refractivity contribution is 4.83. The second-order valence-electron chi connectivity index (χ2n) is 4.08. The molecule has 15 heavy (non-hydrogen) atoms. The molecular formula is C10H18N4O. The van der Waals surface area contributed by atoms with Crippen LogP contribution in [0.4, 0.5) is 0 Å². The van der Waals surface area contributed by atoms with Gasteiger partial charge in [0.05, 0.1) is 6.10 Å². The van der Waals surface area contributed by atoms with E-state index in [0.717, 1.165) is 18.8 Å². The molecule has 1 saturated carbocycles. The maximum Gasteiger partial charge on any atom is 0.152 e. The van der Waals surface area contributed by atoms with Crippen LogP contribution in [-0.2, 0) is 18.4 Å². The first kappa shape index (κ1) is 10.6. The van der Waals surface area contributed by atoms with Gasteiger partial charge < -0.3 is 10.5 Å². The molecule has 0 aromatic carbocycles. The summed E-state index contributed by atoms with van der Waals surface area (Å²) in [6, 6.07) is 0. The van der Waals surface area contributed by atoms with Crippen molar-refractivity contribution in [3.8, 4) is 0 Å². The molecule has 1 aromatic heterocycles. The number of nitrogens with two attached hydrogens (primary N) is 1. The molecule has 5 nitrogen and oxygen atoms in total. The highest BCUT2D eigenvalue weighted by Gasteiger charge is 2.26. The van der Waals surface area contributed by atoms with E-state index in [9.17, 15) is 0 Å². The van der Waals surface area contributed by atoms with Crippen LogP contribution in [-0.4, -0.2) is 27.4 Å². The van der Waals surface area contributed by atoms with E-state index < -0.39 is 0 Å². The summed E-state index contributed by atoms with van der Waals surface area (Å²) in [6.07, 6.45) is 5.41. The highest BCUT2D eigenvalue weighted by Crippen LogP contribution is 2.27. The van der Waals surface area contributed by atoms with Crippen molar-refractivity contribution in [1.82, 2.24) is 14.8 Å². The maximum absolute atomic E-state index is 5.83. The van der Waals surface area contributed by atoms with Crippen molar-refractivity contribution in [2.75, 3.05) is 6.54 Å². The van der Waals surface area contributed by atoms with E-state index in [1.165, 1.54) is 12.8 Å². The Labute approximate surface area is 89.6 Å². The molecule has 1 aliphatic carbocycles. The molecular weight excluding hydrogens is 192 g/mol. The smallest absolute Gasteiger partial charge is 0.152 e. The van der Waals surface area contributed by atoms with Gasteiger partial charge >= 0.3 is 0 Å². The summed E-state index contributed by atoms with van der Waals surface area (Å²) >= 11 is 0. The molecule has 0 bridgehead atoms. The number of aromatic nitrogens is 3. The molecule has 1 aliphatic rings. The number of hydrogen-bond donors (Lipinski definition) is 1. The number of nitrogens with zero attached hydrogens (tertiary/aromatic N) is 3. The fraction of sp³-hybridized carbons (Fsp3) is 0.800. The van der Waals surface area contributed by atoms with E-state index in [1.807, 2.05) is 7.05 Å². The van der Waals surface area contributed by atoms with E-state index in [0.29, 0.717) is 18.6 Å². The van der Waals surface area contributed by atoms with Crippen LogP contribution in [0.25, 0.3) is 0 Å². The zero-order valence-corrected chi connectivity index (χ0v) is 9.09. The Bertz CT molecular complexity index is 312. The summed E-state index contributed by atoms with van der Waals surface area (Å²) in [5, 5.41) is 4.00. The van der Waals surface area contributed by atoms with E-state index in [2.05, 4.69) is 10.1 Å². The second kappa shape index (κ2) is 4.72. The van der Waals surface area contributed by atoms with Gasteiger partial charge in [-0.2, -0.15) is 5.10 Å². The molecule has 84 valence electrons. The first-order chi connectivity index (χ1) is 7.31. The number of rotatable bonds is 4. The van der Waals surface area contributed by atoms with Crippen LogP contribution in [0.2, 0.25) is 0 Å². The first-order valence-corrected chi connectivity index (χ1v) is 5.46. The van der Waals surface area contributed by atoms with Gasteiger partial charge in [-0.05, 0) is 25.3 Å². The third-order valence-corrected chi connectivity index (χ3v) is 3.12. The predicted octanol–water partition coefficient (Wildman–Crippen LogP) is 0.459. The first-order valence-electron chi connectivity index (χ1n) is 5.46. The Morgan fingerprint density at radius 2 is 2.47 bits per heavy atom. The van der Waals surface area contributed by atoms with Gasteiger partial charge in [0.25, 0.3) is 0 Å². The SMILES string of the molecule is Cn1ncnc1COC1CCCC1CN. The van der Waals surface area contributed by atoms with Gasteiger partial charge in [-0.15, -0.1) is 0 Å². The fourth-order valence-corrected chi connectivity index (χ4v) is 2.12. The summed E-state index contributed by atoms with van der Waals surface area (Å²) < 4.78 is 7.57. The molecule has 0 saturated heterocycles. The number of ether oxygens (including phenoxy) is 1. The number of hydrogen-bond acceptors (Lipinski definition) is 4. The lowest BCUT2D eigenvalue weighted by molar-refractivity contribution is 0.0135. The summed E-state index contributed by atoms with van der Waals surface area (Å²) in [7, 11) is 1.88.